The molecule has 0 bridgehead atoms. The van der Waals surface area contributed by atoms with Crippen molar-refractivity contribution in [2.75, 3.05) is 0 Å². The summed E-state index contributed by atoms with van der Waals surface area (Å²) < 4.78 is 27.4. The highest BCUT2D eigenvalue weighted by atomic mass is 19.1. The van der Waals surface area contributed by atoms with Crippen molar-refractivity contribution in [2.45, 2.75) is 18.9 Å². The Hall–Kier alpha value is -1.74. The molecule has 1 aliphatic carbocycles. The lowest BCUT2D eigenvalue weighted by Gasteiger charge is -2.19. The summed E-state index contributed by atoms with van der Waals surface area (Å²) in [5.41, 5.74) is 2.10. The van der Waals surface area contributed by atoms with Crippen LogP contribution in [0.2, 0.25) is 0 Å². The molecule has 0 aliphatic heterocycles. The van der Waals surface area contributed by atoms with Crippen molar-refractivity contribution in [1.82, 2.24) is 0 Å². The van der Waals surface area contributed by atoms with Gasteiger partial charge in [-0.3, -0.25) is 0 Å². The van der Waals surface area contributed by atoms with Gasteiger partial charge in [0.05, 0.1) is 11.7 Å². The highest BCUT2D eigenvalue weighted by molar-refractivity contribution is 5.34. The Balaban J connectivity index is 1.89. The predicted molar refractivity (Wildman–Crippen MR) is 68.7 cm³/mol. The van der Waals surface area contributed by atoms with Crippen LogP contribution in [0.5, 0.6) is 0 Å². The van der Waals surface area contributed by atoms with Gasteiger partial charge in [0, 0.05) is 0 Å². The van der Waals surface area contributed by atoms with Gasteiger partial charge >= 0.3 is 0 Å². The zero-order valence-corrected chi connectivity index (χ0v) is 10.3. The van der Waals surface area contributed by atoms with Crippen molar-refractivity contribution >= 4 is 0 Å². The zero-order valence-electron chi connectivity index (χ0n) is 10.3. The van der Waals surface area contributed by atoms with Crippen LogP contribution in [0.4, 0.5) is 8.78 Å². The number of rotatable bonds is 2. The molecule has 1 nitrogen and oxygen atoms in total. The number of halogens is 2. The second-order valence-corrected chi connectivity index (χ2v) is 5.02. The summed E-state index contributed by atoms with van der Waals surface area (Å²) in [6.07, 6.45) is 0.213. The number of aliphatic hydroxyl groups excluding tert-OH is 1. The molecule has 0 heterocycles. The van der Waals surface area contributed by atoms with Gasteiger partial charge < -0.3 is 5.11 Å². The summed E-state index contributed by atoms with van der Waals surface area (Å²) in [5, 5.41) is 10.3. The maximum absolute atomic E-state index is 13.7. The maximum atomic E-state index is 13.7. The molecule has 3 rings (SSSR count). The van der Waals surface area contributed by atoms with E-state index in [1.807, 2.05) is 24.3 Å². The molecule has 98 valence electrons. The van der Waals surface area contributed by atoms with E-state index in [1.165, 1.54) is 18.2 Å². The van der Waals surface area contributed by atoms with E-state index in [0.29, 0.717) is 12.8 Å². The Bertz CT molecular complexity index is 564. The predicted octanol–water partition coefficient (Wildman–Crippen LogP) is 3.41. The highest BCUT2D eigenvalue weighted by Crippen LogP contribution is 2.36. The monoisotopic (exact) mass is 260 g/mol. The molecule has 1 N–H and O–H groups in total. The lowest BCUT2D eigenvalue weighted by molar-refractivity contribution is 0.105. The fourth-order valence-electron chi connectivity index (χ4n) is 2.85. The first kappa shape index (κ1) is 12.3. The molecule has 0 saturated heterocycles. The van der Waals surface area contributed by atoms with Gasteiger partial charge in [0.25, 0.3) is 0 Å². The molecule has 1 unspecified atom stereocenters. The van der Waals surface area contributed by atoms with Crippen molar-refractivity contribution < 1.29 is 13.9 Å². The Kier molecular flexibility index (Phi) is 3.07. The number of hydrogen-bond acceptors (Lipinski definition) is 1. The molecule has 1 atom stereocenters. The molecule has 1 aliphatic rings. The first-order chi connectivity index (χ1) is 9.16. The zero-order chi connectivity index (χ0) is 13.4. The standard InChI is InChI=1S/C16H14F2O/c17-13-6-3-7-14(18)15(13)16(19)12-8-10-4-1-2-5-11(10)9-12/h1-7,12,16,19H,8-9H2. The molecule has 0 amide bonds. The fourth-order valence-corrected chi connectivity index (χ4v) is 2.85. The summed E-state index contributed by atoms with van der Waals surface area (Å²) in [7, 11) is 0. The Morgan fingerprint density at radius 2 is 1.42 bits per heavy atom. The van der Waals surface area contributed by atoms with E-state index in [0.717, 1.165) is 11.1 Å². The van der Waals surface area contributed by atoms with E-state index in [1.54, 1.807) is 0 Å². The summed E-state index contributed by atoms with van der Waals surface area (Å²) in [6, 6.07) is 11.6. The number of fused-ring (bicyclic) bond motifs is 1. The first-order valence-corrected chi connectivity index (χ1v) is 6.35. The molecule has 0 aromatic heterocycles. The average molecular weight is 260 g/mol. The summed E-state index contributed by atoms with van der Waals surface area (Å²) >= 11 is 0. The van der Waals surface area contributed by atoms with Crippen LogP contribution in [0, 0.1) is 17.6 Å². The molecule has 3 heteroatoms. The SMILES string of the molecule is OC(c1c(F)cccc1F)C1Cc2ccccc2C1. The molecule has 0 radical (unpaired) electrons. The Labute approximate surface area is 110 Å². The minimum absolute atomic E-state index is 0.163. The first-order valence-electron chi connectivity index (χ1n) is 6.35. The second-order valence-electron chi connectivity index (χ2n) is 5.02. The van der Waals surface area contributed by atoms with Gasteiger partial charge in [0.2, 0.25) is 0 Å². The van der Waals surface area contributed by atoms with Crippen LogP contribution in [0.25, 0.3) is 0 Å². The molecule has 0 saturated carbocycles. The highest BCUT2D eigenvalue weighted by Gasteiger charge is 2.31. The summed E-state index contributed by atoms with van der Waals surface area (Å²) in [4.78, 5) is 0. The third kappa shape index (κ3) is 2.15. The van der Waals surface area contributed by atoms with Gasteiger partial charge in [0.15, 0.2) is 0 Å². The smallest absolute Gasteiger partial charge is 0.131 e. The van der Waals surface area contributed by atoms with Crippen molar-refractivity contribution in [1.29, 1.82) is 0 Å². The molecule has 2 aromatic carbocycles. The van der Waals surface area contributed by atoms with Crippen molar-refractivity contribution in [3.05, 3.63) is 70.8 Å². The van der Waals surface area contributed by atoms with Crippen LogP contribution in [-0.2, 0) is 12.8 Å². The van der Waals surface area contributed by atoms with Gasteiger partial charge in [-0.05, 0) is 42.0 Å². The fraction of sp³-hybridized carbons (Fsp3) is 0.250. The number of aliphatic hydroxyl groups is 1. The van der Waals surface area contributed by atoms with Gasteiger partial charge in [-0.1, -0.05) is 30.3 Å². The van der Waals surface area contributed by atoms with Gasteiger partial charge in [-0.15, -0.1) is 0 Å². The largest absolute Gasteiger partial charge is 0.388 e. The van der Waals surface area contributed by atoms with Crippen LogP contribution in [0.1, 0.15) is 22.8 Å². The average Bonchev–Trinajstić information content (AvgIpc) is 2.82. The van der Waals surface area contributed by atoms with E-state index < -0.39 is 17.7 Å². The third-order valence-electron chi connectivity index (χ3n) is 3.82. The molecular weight excluding hydrogens is 246 g/mol. The van der Waals surface area contributed by atoms with Crippen LogP contribution in [0.3, 0.4) is 0 Å². The van der Waals surface area contributed by atoms with Crippen LogP contribution < -0.4 is 0 Å². The lowest BCUT2D eigenvalue weighted by atomic mass is 9.92. The summed E-state index contributed by atoms with van der Waals surface area (Å²) in [6.45, 7) is 0. The maximum Gasteiger partial charge on any atom is 0.131 e. The molecule has 0 spiro atoms. The number of hydrogen-bond donors (Lipinski definition) is 1. The third-order valence-corrected chi connectivity index (χ3v) is 3.82. The van der Waals surface area contributed by atoms with E-state index in [2.05, 4.69) is 0 Å². The topological polar surface area (TPSA) is 20.2 Å². The molecule has 2 aromatic rings. The minimum atomic E-state index is -1.10. The van der Waals surface area contributed by atoms with Crippen LogP contribution in [-0.4, -0.2) is 5.11 Å². The lowest BCUT2D eigenvalue weighted by Crippen LogP contribution is -2.16. The van der Waals surface area contributed by atoms with Gasteiger partial charge in [0.1, 0.15) is 11.6 Å². The Morgan fingerprint density at radius 3 is 1.95 bits per heavy atom. The van der Waals surface area contributed by atoms with E-state index >= 15 is 0 Å². The summed E-state index contributed by atoms with van der Waals surface area (Å²) in [5.74, 6) is -1.52. The Morgan fingerprint density at radius 1 is 0.895 bits per heavy atom. The van der Waals surface area contributed by atoms with Crippen molar-refractivity contribution in [2.24, 2.45) is 5.92 Å². The normalized spacial score (nSPS) is 16.4. The molecular formula is C16H14F2O. The second kappa shape index (κ2) is 4.74. The minimum Gasteiger partial charge on any atom is -0.388 e. The molecule has 19 heavy (non-hydrogen) atoms. The van der Waals surface area contributed by atoms with E-state index in [4.69, 9.17) is 0 Å². The van der Waals surface area contributed by atoms with Crippen LogP contribution >= 0.6 is 0 Å². The van der Waals surface area contributed by atoms with Crippen molar-refractivity contribution in [3.8, 4) is 0 Å². The quantitative estimate of drug-likeness (QED) is 0.877. The van der Waals surface area contributed by atoms with Gasteiger partial charge in [-0.25, -0.2) is 8.78 Å². The molecule has 0 fully saturated rings. The van der Waals surface area contributed by atoms with E-state index in [-0.39, 0.29) is 11.5 Å². The van der Waals surface area contributed by atoms with E-state index in [9.17, 15) is 13.9 Å². The van der Waals surface area contributed by atoms with Crippen LogP contribution in [0.15, 0.2) is 42.5 Å². The van der Waals surface area contributed by atoms with Gasteiger partial charge in [-0.2, -0.15) is 0 Å². The van der Waals surface area contributed by atoms with Crippen molar-refractivity contribution in [3.63, 3.8) is 0 Å². The number of benzene rings is 2.